The number of carboxylic acids is 3. The molecule has 95 heavy (non-hydrogen) atoms. The number of benzene rings is 2. The lowest BCUT2D eigenvalue weighted by molar-refractivity contribution is -0.143. The van der Waals surface area contributed by atoms with Crippen LogP contribution >= 0.6 is 11.8 Å². The number of imide groups is 1. The molecule has 27 nitrogen and oxygen atoms in total. The topological polar surface area (TPSA) is 339 Å². The minimum absolute atomic E-state index is 0.0656. The van der Waals surface area contributed by atoms with Gasteiger partial charge in [-0.3, -0.25) is 82.3 Å². The van der Waals surface area contributed by atoms with Crippen LogP contribution in [0.5, 0.6) is 5.75 Å². The first-order valence-corrected chi connectivity index (χ1v) is 33.5. The number of ether oxygens (including phenoxy) is 1. The van der Waals surface area contributed by atoms with Gasteiger partial charge in [-0.05, 0) is 75.3 Å². The fourth-order valence-electron chi connectivity index (χ4n) is 12.0. The van der Waals surface area contributed by atoms with Gasteiger partial charge in [-0.15, -0.1) is 11.8 Å². The Bertz CT molecular complexity index is 3180. The van der Waals surface area contributed by atoms with Crippen LogP contribution in [0.1, 0.15) is 79.8 Å². The second-order valence-electron chi connectivity index (χ2n) is 24.8. The fourth-order valence-corrected chi connectivity index (χ4v) is 13.2. The number of carboxylic acid groups (broad SMARTS) is 3. The largest absolute Gasteiger partial charge is 0.494 e. The van der Waals surface area contributed by atoms with Gasteiger partial charge in [0.25, 0.3) is 11.8 Å². The Morgan fingerprint density at radius 3 is 1.98 bits per heavy atom. The molecule has 1 aromatic heterocycles. The maximum Gasteiger partial charge on any atom is 0.317 e. The number of halogens is 2. The van der Waals surface area contributed by atoms with E-state index >= 15 is 0 Å². The molecular weight excluding hydrogens is 1260 g/mol. The standard InChI is InChI=1S/C65H89F2N13O14S/c1-45-10-12-47(13-11-45)7-5-9-55(81)70-17-4-3-8-48(72-56(82)39-74-20-22-75(40-59(85)86)24-26-77(42-61(89)90)27-25-76(23-21-74)41-60(87)88)43-95-54-34-57(83)79(64(54)93)38-46(2)63(92)78-30-28-73(29-31-78)19-6-32-94-50-14-15-53-52(33-50)51(16-18-69-53)62(91)71-37-58(84)80-44-65(66,67)35-49(80)36-68/h10-16,18,33,46,48-49,54H,3-9,17,19-32,34-35,37-44H2,1-2H3,(H,70,81)(H,71,91)(H,72,82)(H,85,86)(H,87,88)(H,89,90)/t46-,48+,49-,54?/m1/s1. The highest BCUT2D eigenvalue weighted by Crippen LogP contribution is 2.32. The zero-order chi connectivity index (χ0) is 68.6. The third kappa shape index (κ3) is 24.3. The van der Waals surface area contributed by atoms with Crippen molar-refractivity contribution in [1.82, 2.24) is 60.1 Å². The van der Waals surface area contributed by atoms with Gasteiger partial charge in [0.05, 0.1) is 74.2 Å². The number of thioether (sulfide) groups is 1. The highest BCUT2D eigenvalue weighted by atomic mass is 32.2. The van der Waals surface area contributed by atoms with Crippen LogP contribution in [0.2, 0.25) is 0 Å². The summed E-state index contributed by atoms with van der Waals surface area (Å²) in [5.41, 5.74) is 2.99. The summed E-state index contributed by atoms with van der Waals surface area (Å²) >= 11 is 1.25. The second-order valence-corrected chi connectivity index (χ2v) is 26.1. The van der Waals surface area contributed by atoms with E-state index in [9.17, 15) is 77.3 Å². The van der Waals surface area contributed by atoms with E-state index in [1.807, 2.05) is 24.0 Å². The van der Waals surface area contributed by atoms with Gasteiger partial charge >= 0.3 is 17.9 Å². The average Bonchev–Trinajstić information content (AvgIpc) is 1.77. The van der Waals surface area contributed by atoms with E-state index in [0.717, 1.165) is 27.3 Å². The van der Waals surface area contributed by atoms with Crippen molar-refractivity contribution < 1.29 is 76.8 Å². The van der Waals surface area contributed by atoms with E-state index in [4.69, 9.17) is 4.74 Å². The van der Waals surface area contributed by atoms with Gasteiger partial charge in [0.15, 0.2) is 0 Å². The number of nitriles is 1. The molecule has 7 amide bonds. The monoisotopic (exact) mass is 1350 g/mol. The number of aromatic nitrogens is 1. The van der Waals surface area contributed by atoms with Crippen molar-refractivity contribution in [3.63, 3.8) is 0 Å². The molecule has 6 N–H and O–H groups in total. The molecule has 0 aliphatic carbocycles. The van der Waals surface area contributed by atoms with E-state index < -0.39 is 90.2 Å². The predicted octanol–water partition coefficient (Wildman–Crippen LogP) is 1.71. The number of fused-ring (bicyclic) bond motifs is 1. The first-order chi connectivity index (χ1) is 45.4. The van der Waals surface area contributed by atoms with E-state index in [0.29, 0.717) is 101 Å². The van der Waals surface area contributed by atoms with Crippen LogP contribution in [0.25, 0.3) is 10.9 Å². The van der Waals surface area contributed by atoms with Gasteiger partial charge in [0.2, 0.25) is 35.4 Å². The summed E-state index contributed by atoms with van der Waals surface area (Å²) in [6.45, 7) is 6.20. The highest BCUT2D eigenvalue weighted by molar-refractivity contribution is 8.00. The van der Waals surface area contributed by atoms with Crippen molar-refractivity contribution in [2.45, 2.75) is 94.9 Å². The number of unbranched alkanes of at least 4 members (excludes halogenated alkanes) is 1. The van der Waals surface area contributed by atoms with Crippen LogP contribution in [-0.4, -0.2) is 292 Å². The maximum atomic E-state index is 14.1. The lowest BCUT2D eigenvalue weighted by Crippen LogP contribution is -2.51. The van der Waals surface area contributed by atoms with Gasteiger partial charge in [-0.1, -0.05) is 36.8 Å². The summed E-state index contributed by atoms with van der Waals surface area (Å²) < 4.78 is 33.9. The number of aryl methyl sites for hydroxylation is 2. The number of hydrogen-bond acceptors (Lipinski definition) is 19. The molecule has 0 bridgehead atoms. The molecular formula is C65H89F2N13O14S. The zero-order valence-electron chi connectivity index (χ0n) is 54.1. The number of nitrogens with one attached hydrogen (secondary N) is 3. The van der Waals surface area contributed by atoms with Crippen LogP contribution in [0, 0.1) is 24.2 Å². The van der Waals surface area contributed by atoms with Crippen molar-refractivity contribution in [2.75, 3.05) is 150 Å². The molecule has 1 unspecified atom stereocenters. The van der Waals surface area contributed by atoms with Crippen molar-refractivity contribution in [3.05, 3.63) is 71.4 Å². The molecule has 0 radical (unpaired) electrons. The number of piperazine rings is 1. The molecule has 4 fully saturated rings. The Balaban J connectivity index is 0.877. The minimum atomic E-state index is -3.19. The van der Waals surface area contributed by atoms with Gasteiger partial charge < -0.3 is 45.8 Å². The summed E-state index contributed by atoms with van der Waals surface area (Å²) in [6.07, 6.45) is 4.68. The number of carbonyl (C=O) groups is 10. The van der Waals surface area contributed by atoms with Crippen molar-refractivity contribution in [3.8, 4) is 11.8 Å². The first-order valence-electron chi connectivity index (χ1n) is 32.4. The van der Waals surface area contributed by atoms with Crippen LogP contribution in [0.4, 0.5) is 8.78 Å². The average molecular weight is 1350 g/mol. The Morgan fingerprint density at radius 2 is 1.37 bits per heavy atom. The van der Waals surface area contributed by atoms with E-state index in [2.05, 4.69) is 38.0 Å². The van der Waals surface area contributed by atoms with Crippen molar-refractivity contribution in [1.29, 1.82) is 5.26 Å². The normalized spacial score (nSPS) is 19.5. The van der Waals surface area contributed by atoms with E-state index in [1.54, 1.807) is 50.8 Å². The van der Waals surface area contributed by atoms with Crippen LogP contribution < -0.4 is 20.7 Å². The molecule has 4 aliphatic rings. The molecule has 5 heterocycles. The Hall–Kier alpha value is -7.95. The number of amides is 7. The number of pyridine rings is 1. The quantitative estimate of drug-likeness (QED) is 0.0383. The molecule has 0 spiro atoms. The third-order valence-corrected chi connectivity index (χ3v) is 18.6. The second kappa shape index (κ2) is 36.8. The Labute approximate surface area is 555 Å². The smallest absolute Gasteiger partial charge is 0.317 e. The summed E-state index contributed by atoms with van der Waals surface area (Å²) in [7, 11) is 0. The number of likely N-dealkylation sites (tertiary alicyclic amines) is 2. The number of hydrogen-bond donors (Lipinski definition) is 6. The number of nitrogens with zero attached hydrogens (tertiary/aromatic N) is 10. The molecule has 4 atom stereocenters. The molecule has 4 aliphatic heterocycles. The van der Waals surface area contributed by atoms with Gasteiger partial charge in [0, 0.05) is 141 Å². The first kappa shape index (κ1) is 74.4. The summed E-state index contributed by atoms with van der Waals surface area (Å²) in [5, 5.41) is 46.5. The Kier molecular flexibility index (Phi) is 28.8. The minimum Gasteiger partial charge on any atom is -0.494 e. The number of aliphatic carboxylic acids is 3. The van der Waals surface area contributed by atoms with Gasteiger partial charge in [-0.25, -0.2) is 8.78 Å². The summed E-state index contributed by atoms with van der Waals surface area (Å²) in [5.74, 6) is -9.28. The Morgan fingerprint density at radius 1 is 0.758 bits per heavy atom. The summed E-state index contributed by atoms with van der Waals surface area (Å²) in [6, 6.07) is 14.7. The van der Waals surface area contributed by atoms with Gasteiger partial charge in [0.1, 0.15) is 11.8 Å². The predicted molar refractivity (Wildman–Crippen MR) is 346 cm³/mol. The van der Waals surface area contributed by atoms with Crippen LogP contribution in [0.3, 0.4) is 0 Å². The molecule has 0 saturated carbocycles. The number of alkyl halides is 2. The fraction of sp³-hybridized carbons (Fsp3) is 0.600. The summed E-state index contributed by atoms with van der Waals surface area (Å²) in [4.78, 5) is 147. The van der Waals surface area contributed by atoms with E-state index in [1.165, 1.54) is 24.0 Å². The zero-order valence-corrected chi connectivity index (χ0v) is 54.9. The lowest BCUT2D eigenvalue weighted by Gasteiger charge is -2.36. The molecule has 2 aromatic carbocycles. The number of rotatable bonds is 32. The molecule has 4 saturated heterocycles. The molecule has 7 rings (SSSR count). The SMILES string of the molecule is Cc1ccc(CCCC(=O)NCCCC[C@@H](CSC2CC(=O)N(C[C@@H](C)C(=O)N3CCN(CCCOc4ccc5nccc(C(=O)NCC(=O)N6CC(F)(F)C[C@@H]6C#N)c5c4)CC3)C2=O)NC(=O)CN2CCN(CC(=O)O)CCN(CC(=O)O)CCN(CC(=O)O)CC2)cc1. The molecule has 3 aromatic rings. The van der Waals surface area contributed by atoms with Gasteiger partial charge in [-0.2, -0.15) is 5.26 Å². The number of carbonyl (C=O) groups excluding carboxylic acids is 7. The molecule has 518 valence electrons. The molecule has 30 heteroatoms. The maximum absolute atomic E-state index is 14.1. The highest BCUT2D eigenvalue weighted by Gasteiger charge is 2.47. The lowest BCUT2D eigenvalue weighted by atomic mass is 10.1. The van der Waals surface area contributed by atoms with Crippen molar-refractivity contribution in [2.24, 2.45) is 5.92 Å². The van der Waals surface area contributed by atoms with E-state index in [-0.39, 0.29) is 121 Å². The van der Waals surface area contributed by atoms with Crippen LogP contribution in [-0.2, 0) is 49.6 Å². The third-order valence-electron chi connectivity index (χ3n) is 17.3. The van der Waals surface area contributed by atoms with Crippen LogP contribution in [0.15, 0.2) is 54.7 Å². The van der Waals surface area contributed by atoms with Crippen molar-refractivity contribution >= 4 is 81.9 Å².